The summed E-state index contributed by atoms with van der Waals surface area (Å²) < 4.78 is 0. The molecule has 0 fully saturated rings. The number of rotatable bonds is 2. The van der Waals surface area contributed by atoms with E-state index in [1.165, 1.54) is 11.8 Å². The third-order valence-corrected chi connectivity index (χ3v) is 2.05. The summed E-state index contributed by atoms with van der Waals surface area (Å²) in [5, 5.41) is 0.688. The lowest BCUT2D eigenvalue weighted by atomic mass is 10.9. The summed E-state index contributed by atoms with van der Waals surface area (Å²) in [4.78, 5) is 10.3. The van der Waals surface area contributed by atoms with Gasteiger partial charge in [0, 0.05) is 0 Å². The zero-order valence-electron chi connectivity index (χ0n) is 4.52. The molecule has 0 atom stereocenters. The van der Waals surface area contributed by atoms with Crippen LogP contribution in [0, 0.1) is 0 Å². The fraction of sp³-hybridized carbons (Fsp3) is 0.750. The summed E-state index contributed by atoms with van der Waals surface area (Å²) in [7, 11) is 0. The van der Waals surface area contributed by atoms with Crippen LogP contribution >= 0.6 is 40.1 Å². The van der Waals surface area contributed by atoms with E-state index in [1.807, 2.05) is 6.92 Å². The largest absolute Gasteiger partial charge is 0.286 e. The molecule has 0 radical (unpaired) electrons. The van der Waals surface area contributed by atoms with Gasteiger partial charge in [-0.25, -0.2) is 0 Å². The van der Waals surface area contributed by atoms with Gasteiger partial charge in [0.05, 0.1) is 5.33 Å². The summed E-state index contributed by atoms with van der Waals surface area (Å²) in [6.45, 7) is 1.96. The molecule has 1 nitrogen and oxygen atoms in total. The van der Waals surface area contributed by atoms with Crippen LogP contribution in [0.3, 0.4) is 0 Å². The van der Waals surface area contributed by atoms with Crippen molar-refractivity contribution in [3.05, 3.63) is 0 Å². The van der Waals surface area contributed by atoms with Crippen molar-refractivity contribution >= 4 is 45.2 Å². The van der Waals surface area contributed by atoms with Crippen molar-refractivity contribution in [1.29, 1.82) is 0 Å². The summed E-state index contributed by atoms with van der Waals surface area (Å²) in [5.74, 6) is 0.879. The van der Waals surface area contributed by atoms with Crippen LogP contribution in [0.4, 0.5) is 0 Å². The maximum atomic E-state index is 10.3. The second-order valence-corrected chi connectivity index (χ2v) is 2.82. The summed E-state index contributed by atoms with van der Waals surface area (Å²) in [6.07, 6.45) is 0. The monoisotopic (exact) mass is 218 g/mol. The fourth-order valence-electron chi connectivity index (χ4n) is 0.200. The lowest BCUT2D eigenvalue weighted by molar-refractivity contribution is -0.108. The number of hydrogen-bond acceptors (Lipinski definition) is 2. The minimum absolute atomic E-state index is 0. The molecule has 0 unspecified atom stereocenters. The summed E-state index contributed by atoms with van der Waals surface area (Å²) in [6, 6.07) is 0. The van der Waals surface area contributed by atoms with Gasteiger partial charge in [0.15, 0.2) is 5.12 Å². The van der Waals surface area contributed by atoms with Crippen LogP contribution < -0.4 is 0 Å². The number of carbonyl (C=O) groups is 1. The molecule has 0 aliphatic carbocycles. The highest BCUT2D eigenvalue weighted by Crippen LogP contribution is 2.01. The number of hydrogen-bond donors (Lipinski definition) is 0. The Bertz CT molecular complexity index is 69.1. The zero-order chi connectivity index (χ0) is 5.70. The van der Waals surface area contributed by atoms with Gasteiger partial charge in [-0.1, -0.05) is 34.6 Å². The molecule has 0 rings (SSSR count). The Morgan fingerprint density at radius 1 is 1.75 bits per heavy atom. The molecule has 0 saturated heterocycles. The summed E-state index contributed by atoms with van der Waals surface area (Å²) in [5.41, 5.74) is 0. The maximum Gasteiger partial charge on any atom is 0.199 e. The molecule has 50 valence electrons. The minimum atomic E-state index is 0. The topological polar surface area (TPSA) is 17.1 Å². The SMILES string of the molecule is CCSC(=O)CBr.Cl. The van der Waals surface area contributed by atoms with Crippen molar-refractivity contribution in [2.75, 3.05) is 11.1 Å². The van der Waals surface area contributed by atoms with Crippen LogP contribution in [-0.2, 0) is 4.79 Å². The third kappa shape index (κ3) is 6.79. The van der Waals surface area contributed by atoms with E-state index in [2.05, 4.69) is 15.9 Å². The van der Waals surface area contributed by atoms with Gasteiger partial charge in [0.25, 0.3) is 0 Å². The predicted molar refractivity (Wildman–Crippen MR) is 44.2 cm³/mol. The molecule has 0 aromatic rings. The fourth-order valence-corrected chi connectivity index (χ4v) is 1.08. The first-order chi connectivity index (χ1) is 3.31. The lowest BCUT2D eigenvalue weighted by Crippen LogP contribution is -1.90. The minimum Gasteiger partial charge on any atom is -0.286 e. The molecule has 8 heavy (non-hydrogen) atoms. The second-order valence-electron chi connectivity index (χ2n) is 0.939. The van der Waals surface area contributed by atoms with Gasteiger partial charge in [0.2, 0.25) is 0 Å². The van der Waals surface area contributed by atoms with Gasteiger partial charge in [-0.3, -0.25) is 4.79 Å². The molecule has 0 aromatic heterocycles. The Morgan fingerprint density at radius 3 is 2.38 bits per heavy atom. The third-order valence-electron chi connectivity index (χ3n) is 0.414. The Balaban J connectivity index is 0. The van der Waals surface area contributed by atoms with Crippen LogP contribution in [0.2, 0.25) is 0 Å². The van der Waals surface area contributed by atoms with Crippen LogP contribution in [0.5, 0.6) is 0 Å². The number of carbonyl (C=O) groups excluding carboxylic acids is 1. The van der Waals surface area contributed by atoms with E-state index in [0.29, 0.717) is 5.33 Å². The van der Waals surface area contributed by atoms with Crippen LogP contribution in [0.25, 0.3) is 0 Å². The van der Waals surface area contributed by atoms with E-state index < -0.39 is 0 Å². The average Bonchev–Trinajstić information content (AvgIpc) is 1.68. The van der Waals surface area contributed by atoms with Gasteiger partial charge in [-0.15, -0.1) is 12.4 Å². The summed E-state index contributed by atoms with van der Waals surface area (Å²) >= 11 is 4.39. The van der Waals surface area contributed by atoms with Crippen LogP contribution in [0.1, 0.15) is 6.92 Å². The van der Waals surface area contributed by atoms with Crippen molar-refractivity contribution < 1.29 is 4.79 Å². The van der Waals surface area contributed by atoms with Gasteiger partial charge in [-0.05, 0) is 5.75 Å². The molecule has 4 heteroatoms. The number of thioether (sulfide) groups is 1. The molecule has 0 aromatic carbocycles. The Morgan fingerprint density at radius 2 is 2.25 bits per heavy atom. The molecule has 0 aliphatic heterocycles. The van der Waals surface area contributed by atoms with E-state index in [4.69, 9.17) is 0 Å². The van der Waals surface area contributed by atoms with Gasteiger partial charge in [0.1, 0.15) is 0 Å². The van der Waals surface area contributed by atoms with E-state index >= 15 is 0 Å². The highest BCUT2D eigenvalue weighted by molar-refractivity contribution is 9.09. The maximum absolute atomic E-state index is 10.3. The van der Waals surface area contributed by atoms with Crippen LogP contribution in [-0.4, -0.2) is 16.2 Å². The van der Waals surface area contributed by atoms with E-state index in [0.717, 1.165) is 5.75 Å². The van der Waals surface area contributed by atoms with E-state index in [1.54, 1.807) is 0 Å². The van der Waals surface area contributed by atoms with Crippen molar-refractivity contribution in [2.24, 2.45) is 0 Å². The first-order valence-electron chi connectivity index (χ1n) is 2.02. The molecule has 0 amide bonds. The Hall–Kier alpha value is 0.790. The molecular formula is C4H8BrClOS. The Kier molecular flexibility index (Phi) is 11.3. The first kappa shape index (κ1) is 11.6. The van der Waals surface area contributed by atoms with E-state index in [9.17, 15) is 4.79 Å². The van der Waals surface area contributed by atoms with Gasteiger partial charge < -0.3 is 0 Å². The second kappa shape index (κ2) is 7.79. The van der Waals surface area contributed by atoms with Crippen LogP contribution in [0.15, 0.2) is 0 Å². The molecule has 0 N–H and O–H groups in total. The number of alkyl halides is 1. The highest BCUT2D eigenvalue weighted by atomic mass is 79.9. The quantitative estimate of drug-likeness (QED) is 0.662. The smallest absolute Gasteiger partial charge is 0.199 e. The average molecular weight is 220 g/mol. The standard InChI is InChI=1S/C4H7BrOS.ClH/c1-2-7-4(6)3-5;/h2-3H2,1H3;1H. The van der Waals surface area contributed by atoms with Crippen molar-refractivity contribution in [3.8, 4) is 0 Å². The van der Waals surface area contributed by atoms with E-state index in [-0.39, 0.29) is 17.5 Å². The first-order valence-corrected chi connectivity index (χ1v) is 4.13. The lowest BCUT2D eigenvalue weighted by Gasteiger charge is -1.85. The number of halogens is 2. The normalized spacial score (nSPS) is 7.75. The molecule has 0 spiro atoms. The molecule has 0 saturated carbocycles. The molecule has 0 bridgehead atoms. The van der Waals surface area contributed by atoms with Crippen molar-refractivity contribution in [2.45, 2.75) is 6.92 Å². The molecular weight excluding hydrogens is 211 g/mol. The Labute approximate surface area is 68.1 Å². The van der Waals surface area contributed by atoms with Crippen molar-refractivity contribution in [3.63, 3.8) is 0 Å². The predicted octanol–water partition coefficient (Wildman–Crippen LogP) is 2.08. The highest BCUT2D eigenvalue weighted by Gasteiger charge is 1.93. The van der Waals surface area contributed by atoms with Gasteiger partial charge in [-0.2, -0.15) is 0 Å². The van der Waals surface area contributed by atoms with Crippen molar-refractivity contribution in [1.82, 2.24) is 0 Å². The van der Waals surface area contributed by atoms with Gasteiger partial charge >= 0.3 is 0 Å². The molecule has 0 aliphatic rings. The zero-order valence-corrected chi connectivity index (χ0v) is 7.74. The molecule has 0 heterocycles.